The lowest BCUT2D eigenvalue weighted by molar-refractivity contribution is 1.18. The first-order valence-corrected chi connectivity index (χ1v) is 17.7. The highest BCUT2D eigenvalue weighted by Crippen LogP contribution is 2.42. The SMILES string of the molecule is c1cc2ccc3cc(-c4cc(-c5cc6ccc7cccc8ccc(c5)c6c78)cc(-n5c6ccccc6c6ccccc65)c4)cc4ccc(c1)c2c34. The molecule has 0 saturated carbocycles. The monoisotopic (exact) mass is 643 g/mol. The van der Waals surface area contributed by atoms with Gasteiger partial charge >= 0.3 is 0 Å². The van der Waals surface area contributed by atoms with Crippen LogP contribution in [0.5, 0.6) is 0 Å². The molecule has 0 unspecified atom stereocenters. The second-order valence-electron chi connectivity index (χ2n) is 14.2. The van der Waals surface area contributed by atoms with E-state index in [0.717, 1.165) is 5.69 Å². The predicted octanol–water partition coefficient (Wildman–Crippen LogP) is 13.9. The van der Waals surface area contributed by atoms with Gasteiger partial charge in [-0.25, -0.2) is 0 Å². The first-order valence-electron chi connectivity index (χ1n) is 17.7. The smallest absolute Gasteiger partial charge is 0.0541 e. The lowest BCUT2D eigenvalue weighted by Gasteiger charge is -2.17. The lowest BCUT2D eigenvalue weighted by atomic mass is 9.89. The Bertz CT molecular complexity index is 3010. The molecule has 0 aliphatic carbocycles. The van der Waals surface area contributed by atoms with Crippen molar-refractivity contribution in [2.45, 2.75) is 0 Å². The molecule has 0 bridgehead atoms. The number of rotatable bonds is 3. The molecule has 0 atom stereocenters. The summed E-state index contributed by atoms with van der Waals surface area (Å²) in [6.45, 7) is 0. The quantitative estimate of drug-likeness (QED) is 0.169. The lowest BCUT2D eigenvalue weighted by Crippen LogP contribution is -1.96. The fourth-order valence-corrected chi connectivity index (χ4v) is 9.11. The maximum atomic E-state index is 2.45. The third-order valence-corrected chi connectivity index (χ3v) is 11.3. The Balaban J connectivity index is 1.16. The van der Waals surface area contributed by atoms with Gasteiger partial charge in [0.05, 0.1) is 11.0 Å². The number of nitrogens with zero attached hydrogens (tertiary/aromatic N) is 1. The summed E-state index contributed by atoms with van der Waals surface area (Å²) in [6.07, 6.45) is 0. The van der Waals surface area contributed by atoms with E-state index in [0.29, 0.717) is 0 Å². The molecule has 51 heavy (non-hydrogen) atoms. The van der Waals surface area contributed by atoms with Crippen molar-refractivity contribution >= 4 is 86.4 Å². The van der Waals surface area contributed by atoms with Gasteiger partial charge in [-0.05, 0) is 141 Å². The molecule has 12 rings (SSSR count). The standard InChI is InChI=1S/C50H29N/c1-3-13-45-43(11-1)44-12-2-4-14-46(44)51(45)42-28-40(38-23-34-19-15-30-7-5-8-31-16-20-35(24-38)49(34)47(30)31)27-41(29-42)39-25-36-21-17-32-9-6-10-33-18-22-37(26-39)50(36)48(32)33/h1-29H. The number of fused-ring (bicyclic) bond motifs is 3. The van der Waals surface area contributed by atoms with Gasteiger partial charge in [0.25, 0.3) is 0 Å². The van der Waals surface area contributed by atoms with Gasteiger partial charge in [0.1, 0.15) is 0 Å². The van der Waals surface area contributed by atoms with Crippen molar-refractivity contribution in [1.29, 1.82) is 0 Å². The van der Waals surface area contributed by atoms with Crippen molar-refractivity contribution < 1.29 is 0 Å². The fraction of sp³-hybridized carbons (Fsp3) is 0. The van der Waals surface area contributed by atoms with E-state index in [9.17, 15) is 0 Å². The normalized spacial score (nSPS) is 12.3. The van der Waals surface area contributed by atoms with Gasteiger partial charge in [-0.1, -0.05) is 121 Å². The van der Waals surface area contributed by atoms with Gasteiger partial charge in [0.2, 0.25) is 0 Å². The molecule has 0 N–H and O–H groups in total. The summed E-state index contributed by atoms with van der Waals surface area (Å²) in [5, 5.41) is 18.2. The van der Waals surface area contributed by atoms with Crippen molar-refractivity contribution in [3.8, 4) is 27.9 Å². The second-order valence-corrected chi connectivity index (χ2v) is 14.2. The van der Waals surface area contributed by atoms with E-state index in [2.05, 4.69) is 180 Å². The molecular weight excluding hydrogens is 615 g/mol. The first-order chi connectivity index (χ1) is 25.2. The molecule has 12 aromatic rings. The van der Waals surface area contributed by atoms with Crippen LogP contribution >= 0.6 is 0 Å². The van der Waals surface area contributed by atoms with Crippen molar-refractivity contribution in [3.63, 3.8) is 0 Å². The Hall–Kier alpha value is -6.70. The van der Waals surface area contributed by atoms with Crippen LogP contribution in [-0.4, -0.2) is 4.57 Å². The molecule has 0 fully saturated rings. The molecule has 0 amide bonds. The molecular formula is C50H29N. The molecule has 0 aliphatic heterocycles. The summed E-state index contributed by atoms with van der Waals surface area (Å²) in [5.41, 5.74) is 8.46. The summed E-state index contributed by atoms with van der Waals surface area (Å²) in [5.74, 6) is 0. The van der Waals surface area contributed by atoms with E-state index in [1.165, 1.54) is 109 Å². The summed E-state index contributed by atoms with van der Waals surface area (Å²) in [4.78, 5) is 0. The number of hydrogen-bond donors (Lipinski definition) is 0. The average molecular weight is 644 g/mol. The van der Waals surface area contributed by atoms with E-state index < -0.39 is 0 Å². The maximum absolute atomic E-state index is 2.45. The molecule has 1 nitrogen and oxygen atoms in total. The van der Waals surface area contributed by atoms with Crippen molar-refractivity contribution in [1.82, 2.24) is 4.57 Å². The molecule has 234 valence electrons. The van der Waals surface area contributed by atoms with E-state index in [1.54, 1.807) is 0 Å². The predicted molar refractivity (Wildman–Crippen MR) is 219 cm³/mol. The van der Waals surface area contributed by atoms with Gasteiger partial charge in [0, 0.05) is 16.5 Å². The largest absolute Gasteiger partial charge is 0.309 e. The van der Waals surface area contributed by atoms with Crippen LogP contribution < -0.4 is 0 Å². The fourth-order valence-electron chi connectivity index (χ4n) is 9.11. The van der Waals surface area contributed by atoms with Crippen LogP contribution in [0, 0.1) is 0 Å². The minimum atomic E-state index is 1.16. The van der Waals surface area contributed by atoms with Gasteiger partial charge in [-0.15, -0.1) is 0 Å². The molecule has 1 heterocycles. The van der Waals surface area contributed by atoms with E-state index in [-0.39, 0.29) is 0 Å². The summed E-state index contributed by atoms with van der Waals surface area (Å²) in [6, 6.07) is 65.9. The van der Waals surface area contributed by atoms with Gasteiger partial charge < -0.3 is 4.57 Å². The van der Waals surface area contributed by atoms with Crippen LogP contribution in [0.15, 0.2) is 176 Å². The van der Waals surface area contributed by atoms with Crippen LogP contribution in [-0.2, 0) is 0 Å². The van der Waals surface area contributed by atoms with Crippen LogP contribution in [0.25, 0.3) is 114 Å². The van der Waals surface area contributed by atoms with Crippen molar-refractivity contribution in [3.05, 3.63) is 176 Å². The highest BCUT2D eigenvalue weighted by Gasteiger charge is 2.17. The van der Waals surface area contributed by atoms with Crippen LogP contribution in [0.1, 0.15) is 0 Å². The Morgan fingerprint density at radius 1 is 0.255 bits per heavy atom. The summed E-state index contributed by atoms with van der Waals surface area (Å²) >= 11 is 0. The third-order valence-electron chi connectivity index (χ3n) is 11.3. The van der Waals surface area contributed by atoms with Crippen molar-refractivity contribution in [2.24, 2.45) is 0 Å². The van der Waals surface area contributed by atoms with E-state index in [1.807, 2.05) is 0 Å². The Morgan fingerprint density at radius 2 is 0.588 bits per heavy atom. The van der Waals surface area contributed by atoms with Crippen LogP contribution in [0.4, 0.5) is 0 Å². The third kappa shape index (κ3) is 3.81. The Kier molecular flexibility index (Phi) is 5.29. The van der Waals surface area contributed by atoms with Gasteiger partial charge in [-0.2, -0.15) is 0 Å². The maximum Gasteiger partial charge on any atom is 0.0541 e. The molecule has 0 saturated heterocycles. The van der Waals surface area contributed by atoms with Gasteiger partial charge in [-0.3, -0.25) is 0 Å². The highest BCUT2D eigenvalue weighted by atomic mass is 15.0. The van der Waals surface area contributed by atoms with E-state index in [4.69, 9.17) is 0 Å². The van der Waals surface area contributed by atoms with Gasteiger partial charge in [0.15, 0.2) is 0 Å². The highest BCUT2D eigenvalue weighted by molar-refractivity contribution is 6.25. The zero-order valence-electron chi connectivity index (χ0n) is 27.7. The minimum Gasteiger partial charge on any atom is -0.309 e. The number of aromatic nitrogens is 1. The number of benzene rings is 11. The number of para-hydroxylation sites is 2. The average Bonchev–Trinajstić information content (AvgIpc) is 3.53. The molecule has 0 aliphatic rings. The summed E-state index contributed by atoms with van der Waals surface area (Å²) < 4.78 is 2.45. The number of hydrogen-bond acceptors (Lipinski definition) is 0. The van der Waals surface area contributed by atoms with E-state index >= 15 is 0 Å². The second kappa shape index (κ2) is 9.94. The molecule has 0 radical (unpaired) electrons. The van der Waals surface area contributed by atoms with Crippen LogP contribution in [0.3, 0.4) is 0 Å². The molecule has 11 aromatic carbocycles. The van der Waals surface area contributed by atoms with Crippen molar-refractivity contribution in [2.75, 3.05) is 0 Å². The van der Waals surface area contributed by atoms with Crippen LogP contribution in [0.2, 0.25) is 0 Å². The summed E-state index contributed by atoms with van der Waals surface area (Å²) in [7, 11) is 0. The topological polar surface area (TPSA) is 4.93 Å². The Labute approximate surface area is 293 Å². The zero-order valence-corrected chi connectivity index (χ0v) is 27.7. The first kappa shape index (κ1) is 27.2. The minimum absolute atomic E-state index is 1.16. The molecule has 1 heteroatoms. The Morgan fingerprint density at radius 3 is 1.00 bits per heavy atom. The zero-order chi connectivity index (χ0) is 33.2. The molecule has 0 spiro atoms. The molecule has 1 aromatic heterocycles.